The molecule has 1 amide bonds. The van der Waals surface area contributed by atoms with Gasteiger partial charge in [-0.05, 0) is 56.0 Å². The monoisotopic (exact) mass is 454 g/mol. The minimum absolute atomic E-state index is 0.147. The van der Waals surface area contributed by atoms with Gasteiger partial charge in [0.25, 0.3) is 0 Å². The molecule has 1 N–H and O–H groups in total. The summed E-state index contributed by atoms with van der Waals surface area (Å²) in [5.41, 5.74) is 3.44. The van der Waals surface area contributed by atoms with Crippen molar-refractivity contribution in [3.05, 3.63) is 63.1 Å². The van der Waals surface area contributed by atoms with Crippen molar-refractivity contribution in [2.45, 2.75) is 32.4 Å². The van der Waals surface area contributed by atoms with Gasteiger partial charge in [0.15, 0.2) is 0 Å². The van der Waals surface area contributed by atoms with Crippen LogP contribution in [0.15, 0.2) is 36.4 Å². The third kappa shape index (κ3) is 5.51. The van der Waals surface area contributed by atoms with Crippen molar-refractivity contribution >= 4 is 44.8 Å². The summed E-state index contributed by atoms with van der Waals surface area (Å²) >= 11 is 11.9. The number of carbonyl (C=O) groups excluding carboxylic acids is 1. The van der Waals surface area contributed by atoms with Crippen LogP contribution in [0.5, 0.6) is 0 Å². The Morgan fingerprint density at radius 2 is 1.90 bits per heavy atom. The molecule has 1 saturated heterocycles. The molecule has 1 unspecified atom stereocenters. The molecule has 1 atom stereocenters. The highest BCUT2D eigenvalue weighted by Gasteiger charge is 2.32. The molecule has 156 valence electrons. The number of aryl methyl sites for hydroxylation is 2. The molecule has 29 heavy (non-hydrogen) atoms. The van der Waals surface area contributed by atoms with Gasteiger partial charge in [0.1, 0.15) is 0 Å². The average Bonchev–Trinajstić information content (AvgIpc) is 2.67. The van der Waals surface area contributed by atoms with Crippen molar-refractivity contribution in [1.29, 1.82) is 0 Å². The molecule has 3 rings (SSSR count). The Bertz CT molecular complexity index is 1020. The maximum absolute atomic E-state index is 12.9. The van der Waals surface area contributed by atoms with Gasteiger partial charge < -0.3 is 5.32 Å². The first kappa shape index (κ1) is 22.1. The van der Waals surface area contributed by atoms with Crippen LogP contribution in [0.25, 0.3) is 0 Å². The number of anilines is 1. The van der Waals surface area contributed by atoms with E-state index in [1.807, 2.05) is 32.0 Å². The Balaban J connectivity index is 1.68. The first-order valence-electron chi connectivity index (χ1n) is 9.45. The zero-order chi connectivity index (χ0) is 21.2. The molecule has 2 aromatic rings. The van der Waals surface area contributed by atoms with Crippen LogP contribution in [0, 0.1) is 19.8 Å². The number of rotatable bonds is 5. The zero-order valence-electron chi connectivity index (χ0n) is 16.4. The third-order valence-corrected chi connectivity index (χ3v) is 7.68. The second kappa shape index (κ2) is 9.04. The highest BCUT2D eigenvalue weighted by Crippen LogP contribution is 2.27. The van der Waals surface area contributed by atoms with E-state index in [-0.39, 0.29) is 24.1 Å². The average molecular weight is 455 g/mol. The quantitative estimate of drug-likeness (QED) is 0.705. The van der Waals surface area contributed by atoms with Crippen LogP contribution in [-0.2, 0) is 20.6 Å². The largest absolute Gasteiger partial charge is 0.326 e. The number of carbonyl (C=O) groups is 1. The molecular formula is C21H24Cl2N2O3S. The molecule has 8 heteroatoms. The van der Waals surface area contributed by atoms with E-state index >= 15 is 0 Å². The lowest BCUT2D eigenvalue weighted by Crippen LogP contribution is -2.44. The summed E-state index contributed by atoms with van der Waals surface area (Å²) in [5, 5.41) is 3.66. The number of nitrogens with one attached hydrogen (secondary N) is 1. The lowest BCUT2D eigenvalue weighted by Gasteiger charge is -2.31. The van der Waals surface area contributed by atoms with Gasteiger partial charge >= 0.3 is 0 Å². The van der Waals surface area contributed by atoms with Crippen LogP contribution >= 0.6 is 23.2 Å². The van der Waals surface area contributed by atoms with Crippen LogP contribution < -0.4 is 5.32 Å². The fourth-order valence-corrected chi connectivity index (χ4v) is 5.45. The van der Waals surface area contributed by atoms with Gasteiger partial charge in [0.05, 0.1) is 21.7 Å². The lowest BCUT2D eigenvalue weighted by molar-refractivity contribution is -0.120. The standard InChI is InChI=1S/C21H24Cl2N2O3S/c1-14-5-8-20(15(2)10-14)24-21(26)17-4-3-9-25(12-17)29(27,28)13-16-6-7-18(22)19(23)11-16/h5-8,10-11,17H,3-4,9,12-13H2,1-2H3,(H,24,26). The minimum Gasteiger partial charge on any atom is -0.326 e. The highest BCUT2D eigenvalue weighted by atomic mass is 35.5. The molecule has 0 aromatic heterocycles. The molecule has 0 bridgehead atoms. The normalized spacial score (nSPS) is 17.9. The third-order valence-electron chi connectivity index (χ3n) is 5.12. The Morgan fingerprint density at radius 1 is 1.14 bits per heavy atom. The molecule has 5 nitrogen and oxygen atoms in total. The van der Waals surface area contributed by atoms with Gasteiger partial charge in [-0.2, -0.15) is 0 Å². The summed E-state index contributed by atoms with van der Waals surface area (Å²) in [6.45, 7) is 4.53. The number of sulfonamides is 1. The predicted octanol–water partition coefficient (Wildman–Crippen LogP) is 4.79. The maximum atomic E-state index is 12.9. The molecule has 0 spiro atoms. The molecule has 1 aliphatic rings. The Hall–Kier alpha value is -1.60. The summed E-state index contributed by atoms with van der Waals surface area (Å²) in [6, 6.07) is 10.6. The van der Waals surface area contributed by atoms with E-state index in [1.165, 1.54) is 4.31 Å². The number of hydrogen-bond acceptors (Lipinski definition) is 3. The van der Waals surface area contributed by atoms with Gasteiger partial charge in [-0.15, -0.1) is 0 Å². The van der Waals surface area contributed by atoms with Crippen LogP contribution in [0.1, 0.15) is 29.5 Å². The second-order valence-corrected chi connectivity index (χ2v) is 10.3. The molecule has 0 saturated carbocycles. The molecule has 1 fully saturated rings. The van der Waals surface area contributed by atoms with Gasteiger partial charge in [-0.25, -0.2) is 12.7 Å². The summed E-state index contributed by atoms with van der Waals surface area (Å²) in [4.78, 5) is 12.8. The van der Waals surface area contributed by atoms with E-state index in [4.69, 9.17) is 23.2 Å². The van der Waals surface area contributed by atoms with Crippen LogP contribution in [-0.4, -0.2) is 31.7 Å². The fraction of sp³-hybridized carbons (Fsp3) is 0.381. The topological polar surface area (TPSA) is 66.5 Å². The van der Waals surface area contributed by atoms with Gasteiger partial charge in [-0.3, -0.25) is 4.79 Å². The number of benzene rings is 2. The Morgan fingerprint density at radius 3 is 2.59 bits per heavy atom. The van der Waals surface area contributed by atoms with E-state index in [0.717, 1.165) is 16.8 Å². The highest BCUT2D eigenvalue weighted by molar-refractivity contribution is 7.88. The first-order valence-corrected chi connectivity index (χ1v) is 11.8. The molecular weight excluding hydrogens is 431 g/mol. The van der Waals surface area contributed by atoms with Crippen LogP contribution in [0.4, 0.5) is 5.69 Å². The number of amides is 1. The van der Waals surface area contributed by atoms with E-state index in [1.54, 1.807) is 18.2 Å². The molecule has 0 radical (unpaired) electrons. The van der Waals surface area contributed by atoms with E-state index in [9.17, 15) is 13.2 Å². The van der Waals surface area contributed by atoms with Crippen molar-refractivity contribution in [3.8, 4) is 0 Å². The number of halogens is 2. The summed E-state index contributed by atoms with van der Waals surface area (Å²) in [5.74, 6) is -0.700. The van der Waals surface area contributed by atoms with Crippen molar-refractivity contribution in [2.75, 3.05) is 18.4 Å². The van der Waals surface area contributed by atoms with Gasteiger partial charge in [0.2, 0.25) is 15.9 Å². The Kier molecular flexibility index (Phi) is 6.89. The molecule has 1 aliphatic heterocycles. The maximum Gasteiger partial charge on any atom is 0.228 e. The van der Waals surface area contributed by atoms with Crippen molar-refractivity contribution in [1.82, 2.24) is 4.31 Å². The number of hydrogen-bond donors (Lipinski definition) is 1. The van der Waals surface area contributed by atoms with Crippen molar-refractivity contribution in [2.24, 2.45) is 5.92 Å². The number of nitrogens with zero attached hydrogens (tertiary/aromatic N) is 1. The summed E-state index contributed by atoms with van der Waals surface area (Å²) < 4.78 is 27.2. The number of piperidine rings is 1. The van der Waals surface area contributed by atoms with E-state index < -0.39 is 10.0 Å². The minimum atomic E-state index is -3.57. The molecule has 1 heterocycles. The van der Waals surface area contributed by atoms with Crippen LogP contribution in [0.2, 0.25) is 10.0 Å². The zero-order valence-corrected chi connectivity index (χ0v) is 18.7. The van der Waals surface area contributed by atoms with E-state index in [0.29, 0.717) is 35.0 Å². The second-order valence-electron chi connectivity index (χ2n) is 7.51. The fourth-order valence-electron chi connectivity index (χ4n) is 3.53. The summed E-state index contributed by atoms with van der Waals surface area (Å²) in [6.07, 6.45) is 1.31. The Labute approximate surface area is 182 Å². The predicted molar refractivity (Wildman–Crippen MR) is 118 cm³/mol. The van der Waals surface area contributed by atoms with E-state index in [2.05, 4.69) is 5.32 Å². The van der Waals surface area contributed by atoms with Crippen molar-refractivity contribution < 1.29 is 13.2 Å². The van der Waals surface area contributed by atoms with Gasteiger partial charge in [0, 0.05) is 18.8 Å². The molecule has 2 aromatic carbocycles. The van der Waals surface area contributed by atoms with Gasteiger partial charge in [-0.1, -0.05) is 47.0 Å². The lowest BCUT2D eigenvalue weighted by atomic mass is 9.98. The molecule has 0 aliphatic carbocycles. The first-order chi connectivity index (χ1) is 13.7. The smallest absolute Gasteiger partial charge is 0.228 e. The van der Waals surface area contributed by atoms with Crippen molar-refractivity contribution in [3.63, 3.8) is 0 Å². The summed E-state index contributed by atoms with van der Waals surface area (Å²) in [7, 11) is -3.57. The van der Waals surface area contributed by atoms with Crippen LogP contribution in [0.3, 0.4) is 0 Å². The SMILES string of the molecule is Cc1ccc(NC(=O)C2CCCN(S(=O)(=O)Cc3ccc(Cl)c(Cl)c3)C2)c(C)c1.